The second-order valence-corrected chi connectivity index (χ2v) is 15.0. The quantitative estimate of drug-likeness (QED) is 0.175. The zero-order valence-corrected chi connectivity index (χ0v) is 27.6. The fourth-order valence-electron chi connectivity index (χ4n) is 7.28. The number of carbonyl (C=O) groups is 2. The number of hydrogen-bond donors (Lipinski definition) is 2. The van der Waals surface area contributed by atoms with Crippen molar-refractivity contribution in [3.05, 3.63) is 95.6 Å². The van der Waals surface area contributed by atoms with Crippen molar-refractivity contribution in [3.63, 3.8) is 0 Å². The van der Waals surface area contributed by atoms with Gasteiger partial charge in [0, 0.05) is 6.54 Å². The van der Waals surface area contributed by atoms with E-state index in [1.165, 1.54) is 0 Å². The molecule has 12 heteroatoms. The van der Waals surface area contributed by atoms with E-state index in [-0.39, 0.29) is 37.7 Å². The molecule has 3 aliphatic rings. The van der Waals surface area contributed by atoms with Crippen LogP contribution < -0.4 is 10.6 Å². The van der Waals surface area contributed by atoms with Crippen LogP contribution in [0.4, 0.5) is 13.2 Å². The summed E-state index contributed by atoms with van der Waals surface area (Å²) < 4.78 is 64.4. The molecule has 2 N–H and O–H groups in total. The number of hydrogen-bond acceptors (Lipinski definition) is 6. The summed E-state index contributed by atoms with van der Waals surface area (Å²) in [6.07, 6.45) is -0.738. The highest BCUT2D eigenvalue weighted by molar-refractivity contribution is 7.53. The van der Waals surface area contributed by atoms with E-state index in [9.17, 15) is 27.3 Å². The molecule has 1 aliphatic carbocycles. The van der Waals surface area contributed by atoms with Gasteiger partial charge in [-0.05, 0) is 60.0 Å². The van der Waals surface area contributed by atoms with Crippen molar-refractivity contribution in [2.45, 2.75) is 68.7 Å². The number of amides is 2. The molecule has 3 aromatic carbocycles. The number of piperidine rings is 1. The second kappa shape index (κ2) is 14.5. The Kier molecular flexibility index (Phi) is 10.4. The van der Waals surface area contributed by atoms with Gasteiger partial charge in [-0.25, -0.2) is 0 Å². The minimum Gasteiger partial charge on any atom is -0.347 e. The van der Waals surface area contributed by atoms with Crippen LogP contribution in [0, 0.1) is 0 Å². The summed E-state index contributed by atoms with van der Waals surface area (Å²) in [4.78, 5) is 29.2. The molecular weight excluding hydrogens is 642 g/mol. The molecule has 2 amide bonds. The zero-order valence-electron chi connectivity index (χ0n) is 26.7. The van der Waals surface area contributed by atoms with E-state index < -0.39 is 37.7 Å². The topological polar surface area (TPSA) is 97.0 Å². The van der Waals surface area contributed by atoms with Crippen LogP contribution in [0.5, 0.6) is 0 Å². The summed E-state index contributed by atoms with van der Waals surface area (Å²) in [6, 6.07) is 23.9. The molecule has 0 saturated carbocycles. The van der Waals surface area contributed by atoms with Gasteiger partial charge in [0.2, 0.25) is 11.8 Å². The minimum absolute atomic E-state index is 0.0545. The van der Waals surface area contributed by atoms with Crippen molar-refractivity contribution < 1.29 is 36.4 Å². The zero-order chi connectivity index (χ0) is 33.8. The van der Waals surface area contributed by atoms with Gasteiger partial charge in [-0.2, -0.15) is 13.2 Å². The first-order valence-electron chi connectivity index (χ1n) is 16.6. The number of halogens is 3. The number of alkyl halides is 3. The van der Waals surface area contributed by atoms with E-state index in [1.54, 1.807) is 24.3 Å². The second-order valence-electron chi connectivity index (χ2n) is 12.9. The average Bonchev–Trinajstić information content (AvgIpc) is 3.38. The molecule has 2 fully saturated rings. The van der Waals surface area contributed by atoms with E-state index >= 15 is 0 Å². The molecule has 8 nitrogen and oxygen atoms in total. The largest absolute Gasteiger partial charge is 0.405 e. The Morgan fingerprint density at radius 1 is 0.875 bits per heavy atom. The lowest BCUT2D eigenvalue weighted by atomic mass is 9.73. The highest BCUT2D eigenvalue weighted by atomic mass is 31.2. The first kappa shape index (κ1) is 34.4. The molecule has 0 aromatic heterocycles. The predicted octanol–water partition coefficient (Wildman–Crippen LogP) is 6.58. The third-order valence-corrected chi connectivity index (χ3v) is 11.5. The fourth-order valence-corrected chi connectivity index (χ4v) is 9.03. The Balaban J connectivity index is 1.05. The molecule has 2 aliphatic heterocycles. The Bertz CT molecular complexity index is 1600. The van der Waals surface area contributed by atoms with Gasteiger partial charge in [-0.15, -0.1) is 0 Å². The monoisotopic (exact) mass is 683 g/mol. The van der Waals surface area contributed by atoms with Gasteiger partial charge in [0.1, 0.15) is 12.0 Å². The number of benzene rings is 3. The lowest BCUT2D eigenvalue weighted by Crippen LogP contribution is -2.53. The molecule has 2 saturated heterocycles. The predicted molar refractivity (Wildman–Crippen MR) is 176 cm³/mol. The Morgan fingerprint density at radius 3 is 2.15 bits per heavy atom. The van der Waals surface area contributed by atoms with Crippen molar-refractivity contribution in [1.29, 1.82) is 0 Å². The van der Waals surface area contributed by atoms with Gasteiger partial charge in [0.25, 0.3) is 0 Å². The van der Waals surface area contributed by atoms with Gasteiger partial charge in [0.15, 0.2) is 0 Å². The molecular formula is C36H41F3N3O5P. The number of fused-ring (bicyclic) bond motifs is 3. The molecule has 2 heterocycles. The molecule has 1 atom stereocenters. The molecule has 0 spiro atoms. The number of likely N-dealkylation sites (tertiary alicyclic amines) is 1. The standard InChI is InChI=1S/C36H41F3N3O5P/c37-36(38,39)25-40-34(44)35(30-16-6-4-14-28(30)29-15-5-7-17-31(29)35)19-9-11-21-48(45)46-23-27(24-47-48)41-33(43)32-18-8-10-20-42(32)22-26-12-2-1-3-13-26/h1-7,12-17,27,32H,8-11,18-25H2,(H,40,44)(H,41,43). The summed E-state index contributed by atoms with van der Waals surface area (Å²) in [6.45, 7) is 0.201. The SMILES string of the molecule is O=C(NC1COP(=O)(CCCCC2(C(=O)NCC(F)(F)F)c3ccccc3-c3ccccc32)OC1)C1CCCCN1Cc1ccccc1. The summed E-state index contributed by atoms with van der Waals surface area (Å²) in [5, 5.41) is 5.17. The van der Waals surface area contributed by atoms with E-state index in [2.05, 4.69) is 27.7 Å². The van der Waals surface area contributed by atoms with Crippen molar-refractivity contribution in [3.8, 4) is 11.1 Å². The Labute approximate surface area is 278 Å². The molecule has 3 aromatic rings. The van der Waals surface area contributed by atoms with Crippen LogP contribution in [-0.4, -0.2) is 67.4 Å². The van der Waals surface area contributed by atoms with E-state index in [0.29, 0.717) is 30.5 Å². The summed E-state index contributed by atoms with van der Waals surface area (Å²) in [7, 11) is -3.47. The maximum absolute atomic E-state index is 13.7. The molecule has 6 rings (SSSR count). The van der Waals surface area contributed by atoms with Gasteiger partial charge < -0.3 is 19.7 Å². The third kappa shape index (κ3) is 7.54. The van der Waals surface area contributed by atoms with Crippen LogP contribution in [0.25, 0.3) is 11.1 Å². The fraction of sp³-hybridized carbons (Fsp3) is 0.444. The average molecular weight is 684 g/mol. The maximum atomic E-state index is 13.7. The van der Waals surface area contributed by atoms with Gasteiger partial charge in [-0.1, -0.05) is 91.7 Å². The Hall–Kier alpha value is -3.50. The number of carbonyl (C=O) groups excluding carboxylic acids is 2. The summed E-state index contributed by atoms with van der Waals surface area (Å²) >= 11 is 0. The number of unbranched alkanes of at least 4 members (excludes halogenated alkanes) is 1. The lowest BCUT2D eigenvalue weighted by molar-refractivity contribution is -0.141. The van der Waals surface area contributed by atoms with E-state index in [1.807, 2.05) is 42.5 Å². The van der Waals surface area contributed by atoms with Gasteiger partial charge >= 0.3 is 13.8 Å². The number of rotatable bonds is 11. The normalized spacial score (nSPS) is 23.6. The third-order valence-electron chi connectivity index (χ3n) is 9.57. The van der Waals surface area contributed by atoms with E-state index in [4.69, 9.17) is 9.05 Å². The van der Waals surface area contributed by atoms with Crippen molar-refractivity contribution in [2.24, 2.45) is 0 Å². The minimum atomic E-state index is -4.56. The number of nitrogens with one attached hydrogen (secondary N) is 2. The van der Waals surface area contributed by atoms with Crippen molar-refractivity contribution >= 4 is 19.4 Å². The first-order chi connectivity index (χ1) is 23.1. The Morgan fingerprint density at radius 2 is 1.50 bits per heavy atom. The van der Waals surface area contributed by atoms with Crippen LogP contribution in [0.2, 0.25) is 0 Å². The summed E-state index contributed by atoms with van der Waals surface area (Å²) in [5.74, 6) is -0.807. The van der Waals surface area contributed by atoms with Crippen LogP contribution in [0.3, 0.4) is 0 Å². The first-order valence-corrected chi connectivity index (χ1v) is 18.3. The molecule has 0 radical (unpaired) electrons. The molecule has 0 bridgehead atoms. The number of nitrogens with zero attached hydrogens (tertiary/aromatic N) is 1. The smallest absolute Gasteiger partial charge is 0.347 e. The lowest BCUT2D eigenvalue weighted by Gasteiger charge is -2.36. The van der Waals surface area contributed by atoms with Crippen molar-refractivity contribution in [1.82, 2.24) is 15.5 Å². The van der Waals surface area contributed by atoms with Crippen LogP contribution in [0.15, 0.2) is 78.9 Å². The van der Waals surface area contributed by atoms with Gasteiger partial charge in [-0.3, -0.25) is 19.1 Å². The van der Waals surface area contributed by atoms with Crippen molar-refractivity contribution in [2.75, 3.05) is 32.5 Å². The summed E-state index contributed by atoms with van der Waals surface area (Å²) in [5.41, 5.74) is 2.75. The highest BCUT2D eigenvalue weighted by Crippen LogP contribution is 2.54. The maximum Gasteiger partial charge on any atom is 0.405 e. The highest BCUT2D eigenvalue weighted by Gasteiger charge is 2.49. The molecule has 48 heavy (non-hydrogen) atoms. The van der Waals surface area contributed by atoms with Crippen LogP contribution in [-0.2, 0) is 35.2 Å². The molecule has 256 valence electrons. The van der Waals surface area contributed by atoms with Gasteiger partial charge in [0.05, 0.1) is 31.5 Å². The van der Waals surface area contributed by atoms with Crippen LogP contribution in [0.1, 0.15) is 55.2 Å². The van der Waals surface area contributed by atoms with Crippen LogP contribution >= 0.6 is 7.60 Å². The van der Waals surface area contributed by atoms with E-state index in [0.717, 1.165) is 42.5 Å². The molecule has 1 unspecified atom stereocenters.